The van der Waals surface area contributed by atoms with Crippen molar-refractivity contribution in [3.8, 4) is 5.75 Å². The predicted octanol–water partition coefficient (Wildman–Crippen LogP) is 2.95. The maximum Gasteiger partial charge on any atom is 0.244 e. The Hall–Kier alpha value is -0.0500. The molecule has 0 radical (unpaired) electrons. The molecule has 1 fully saturated rings. The maximum absolute atomic E-state index is 12.6. The molecule has 1 aliphatic heterocycles. The summed E-state index contributed by atoms with van der Waals surface area (Å²) in [5.41, 5.74) is 0. The summed E-state index contributed by atoms with van der Waals surface area (Å²) in [6.45, 7) is 2.84. The number of nitrogens with one attached hydrogen (secondary N) is 2. The van der Waals surface area contributed by atoms with E-state index in [0.717, 1.165) is 19.4 Å². The van der Waals surface area contributed by atoms with Crippen LogP contribution in [0.5, 0.6) is 5.75 Å². The van der Waals surface area contributed by atoms with E-state index in [1.54, 1.807) is 6.07 Å². The van der Waals surface area contributed by atoms with Crippen molar-refractivity contribution in [2.24, 2.45) is 0 Å². The highest BCUT2D eigenvalue weighted by atomic mass is 79.9. The molecule has 0 aromatic heterocycles. The molecule has 22 heavy (non-hydrogen) atoms. The van der Waals surface area contributed by atoms with E-state index in [0.29, 0.717) is 15.5 Å². The van der Waals surface area contributed by atoms with Crippen molar-refractivity contribution in [1.29, 1.82) is 0 Å². The Morgan fingerprint density at radius 3 is 2.73 bits per heavy atom. The summed E-state index contributed by atoms with van der Waals surface area (Å²) in [6, 6.07) is 3.21. The molecule has 126 valence electrons. The lowest BCUT2D eigenvalue weighted by Gasteiger charge is -2.28. The Bertz CT molecular complexity index is 628. The van der Waals surface area contributed by atoms with Gasteiger partial charge in [-0.25, -0.2) is 13.1 Å². The molecule has 9 heteroatoms. The van der Waals surface area contributed by atoms with E-state index in [1.807, 2.05) is 6.92 Å². The van der Waals surface area contributed by atoms with Gasteiger partial charge in [0.05, 0.1) is 11.6 Å². The van der Waals surface area contributed by atoms with Gasteiger partial charge in [0.1, 0.15) is 4.90 Å². The predicted molar refractivity (Wildman–Crippen MR) is 93.8 cm³/mol. The normalized spacial score (nSPS) is 22.0. The number of hydrogen-bond donors (Lipinski definition) is 2. The number of rotatable bonds is 4. The summed E-state index contributed by atoms with van der Waals surface area (Å²) >= 11 is 9.24. The highest BCUT2D eigenvalue weighted by Gasteiger charge is 2.27. The molecule has 0 bridgehead atoms. The van der Waals surface area contributed by atoms with Crippen molar-refractivity contribution in [1.82, 2.24) is 10.0 Å². The van der Waals surface area contributed by atoms with Gasteiger partial charge in [0, 0.05) is 17.1 Å². The Labute approximate surface area is 150 Å². The monoisotopic (exact) mass is 432 g/mol. The van der Waals surface area contributed by atoms with Gasteiger partial charge in [0.2, 0.25) is 10.0 Å². The topological polar surface area (TPSA) is 67.4 Å². The first kappa shape index (κ1) is 20.0. The molecule has 1 aliphatic rings. The van der Waals surface area contributed by atoms with Crippen LogP contribution in [-0.2, 0) is 10.0 Å². The molecule has 1 aromatic rings. The zero-order valence-electron chi connectivity index (χ0n) is 12.2. The molecule has 5 nitrogen and oxygen atoms in total. The Balaban J connectivity index is 0.00000242. The fourth-order valence-electron chi connectivity index (χ4n) is 2.46. The van der Waals surface area contributed by atoms with Crippen LogP contribution in [0.4, 0.5) is 0 Å². The Morgan fingerprint density at radius 2 is 2.14 bits per heavy atom. The summed E-state index contributed by atoms with van der Waals surface area (Å²) in [6.07, 6.45) is 1.51. The van der Waals surface area contributed by atoms with Crippen LogP contribution in [0.3, 0.4) is 0 Å². The van der Waals surface area contributed by atoms with Crippen molar-refractivity contribution in [2.75, 3.05) is 13.7 Å². The fraction of sp³-hybridized carbons (Fsp3) is 0.538. The van der Waals surface area contributed by atoms with Crippen molar-refractivity contribution in [3.63, 3.8) is 0 Å². The first-order valence-electron chi connectivity index (χ1n) is 6.62. The van der Waals surface area contributed by atoms with E-state index in [4.69, 9.17) is 16.3 Å². The maximum atomic E-state index is 12.6. The zero-order chi connectivity index (χ0) is 15.6. The minimum atomic E-state index is -3.69. The summed E-state index contributed by atoms with van der Waals surface area (Å²) in [4.78, 5) is 0.0514. The van der Waals surface area contributed by atoms with Crippen LogP contribution < -0.4 is 14.8 Å². The van der Waals surface area contributed by atoms with Crippen LogP contribution in [0.25, 0.3) is 0 Å². The second-order valence-corrected chi connectivity index (χ2v) is 8.09. The molecule has 0 aliphatic carbocycles. The Kier molecular flexibility index (Phi) is 7.42. The lowest BCUT2D eigenvalue weighted by molar-refractivity contribution is 0.360. The quantitative estimate of drug-likeness (QED) is 0.765. The van der Waals surface area contributed by atoms with Gasteiger partial charge in [0.25, 0.3) is 0 Å². The summed E-state index contributed by atoms with van der Waals surface area (Å²) in [5.74, 6) is 0.258. The van der Waals surface area contributed by atoms with Gasteiger partial charge in [-0.1, -0.05) is 11.6 Å². The van der Waals surface area contributed by atoms with E-state index in [-0.39, 0.29) is 29.1 Å². The van der Waals surface area contributed by atoms with Crippen LogP contribution in [0, 0.1) is 0 Å². The van der Waals surface area contributed by atoms with Gasteiger partial charge >= 0.3 is 0 Å². The van der Waals surface area contributed by atoms with E-state index in [1.165, 1.54) is 13.2 Å². The van der Waals surface area contributed by atoms with Crippen LogP contribution in [0.1, 0.15) is 19.8 Å². The molecule has 0 saturated carbocycles. The standard InChI is InChI=1S/C13H18BrClN2O3S.ClH/c1-8-5-10(3-4-16-8)17-21(18,19)12-7-9(15)6-11(14)13(12)20-2;/h6-8,10,16-17H,3-5H2,1-2H3;1H. The van der Waals surface area contributed by atoms with E-state index in [9.17, 15) is 8.42 Å². The average molecular weight is 434 g/mol. The minimum absolute atomic E-state index is 0. The molecule has 2 atom stereocenters. The number of methoxy groups -OCH3 is 1. The number of benzene rings is 1. The number of halogens is 3. The SMILES string of the molecule is COc1c(Br)cc(Cl)cc1S(=O)(=O)NC1CCNC(C)C1.Cl. The van der Waals surface area contributed by atoms with Crippen molar-refractivity contribution < 1.29 is 13.2 Å². The van der Waals surface area contributed by atoms with Crippen molar-refractivity contribution in [2.45, 2.75) is 36.7 Å². The summed E-state index contributed by atoms with van der Waals surface area (Å²) in [5, 5.41) is 3.63. The van der Waals surface area contributed by atoms with E-state index in [2.05, 4.69) is 26.0 Å². The molecule has 0 spiro atoms. The molecule has 2 N–H and O–H groups in total. The van der Waals surface area contributed by atoms with Crippen LogP contribution in [0.2, 0.25) is 5.02 Å². The fourth-order valence-corrected chi connectivity index (χ4v) is 5.12. The lowest BCUT2D eigenvalue weighted by atomic mass is 10.0. The van der Waals surface area contributed by atoms with Gasteiger partial charge < -0.3 is 10.1 Å². The second kappa shape index (κ2) is 8.17. The van der Waals surface area contributed by atoms with Gasteiger partial charge in [-0.05, 0) is 54.4 Å². The summed E-state index contributed by atoms with van der Waals surface area (Å²) < 4.78 is 33.6. The summed E-state index contributed by atoms with van der Waals surface area (Å²) in [7, 11) is -2.26. The van der Waals surface area contributed by atoms with Crippen molar-refractivity contribution >= 4 is 50.0 Å². The third-order valence-electron chi connectivity index (χ3n) is 3.41. The number of piperidine rings is 1. The van der Waals surface area contributed by atoms with Gasteiger partial charge in [-0.2, -0.15) is 0 Å². The van der Waals surface area contributed by atoms with E-state index < -0.39 is 10.0 Å². The molecule has 1 heterocycles. The van der Waals surface area contributed by atoms with Gasteiger partial charge in [-0.3, -0.25) is 0 Å². The first-order valence-corrected chi connectivity index (χ1v) is 9.27. The number of hydrogen-bond acceptors (Lipinski definition) is 4. The van der Waals surface area contributed by atoms with Gasteiger partial charge in [0.15, 0.2) is 5.75 Å². The van der Waals surface area contributed by atoms with Crippen LogP contribution in [-0.4, -0.2) is 34.2 Å². The number of ether oxygens (including phenoxy) is 1. The highest BCUT2D eigenvalue weighted by molar-refractivity contribution is 9.10. The average Bonchev–Trinajstić information content (AvgIpc) is 2.37. The lowest BCUT2D eigenvalue weighted by Crippen LogP contribution is -2.46. The first-order chi connectivity index (χ1) is 9.83. The smallest absolute Gasteiger partial charge is 0.244 e. The molecule has 1 aromatic carbocycles. The molecule has 2 rings (SSSR count). The van der Waals surface area contributed by atoms with Crippen LogP contribution >= 0.6 is 39.9 Å². The highest BCUT2D eigenvalue weighted by Crippen LogP contribution is 2.35. The van der Waals surface area contributed by atoms with Crippen molar-refractivity contribution in [3.05, 3.63) is 21.6 Å². The molecular formula is C13H19BrCl2N2O3S. The second-order valence-electron chi connectivity index (χ2n) is 5.12. The molecule has 0 amide bonds. The molecule has 1 saturated heterocycles. The van der Waals surface area contributed by atoms with E-state index >= 15 is 0 Å². The largest absolute Gasteiger partial charge is 0.494 e. The number of sulfonamides is 1. The zero-order valence-corrected chi connectivity index (χ0v) is 16.2. The third kappa shape index (κ3) is 4.72. The Morgan fingerprint density at radius 1 is 1.45 bits per heavy atom. The van der Waals surface area contributed by atoms with Gasteiger partial charge in [-0.15, -0.1) is 12.4 Å². The minimum Gasteiger partial charge on any atom is -0.494 e. The molecule has 2 unspecified atom stereocenters. The molecular weight excluding hydrogens is 415 g/mol. The third-order valence-corrected chi connectivity index (χ3v) is 5.75. The van der Waals surface area contributed by atoms with Crippen LogP contribution in [0.15, 0.2) is 21.5 Å².